The number of methoxy groups -OCH3 is 1. The second kappa shape index (κ2) is 9.67. The van der Waals surface area contributed by atoms with Crippen LogP contribution in [0.25, 0.3) is 5.65 Å². The van der Waals surface area contributed by atoms with Crippen LogP contribution < -0.4 is 21.5 Å². The number of aromatic nitrogens is 4. The number of pyridine rings is 1. The lowest BCUT2D eigenvalue weighted by Gasteiger charge is -2.34. The molecule has 1 amide bonds. The molecule has 186 valence electrons. The number of carbonyl (C=O) groups excluding carboxylic acids is 1. The Balaban J connectivity index is 1.43. The molecule has 3 aromatic rings. The van der Waals surface area contributed by atoms with Crippen molar-refractivity contribution in [2.75, 3.05) is 24.8 Å². The highest BCUT2D eigenvalue weighted by molar-refractivity contribution is 6.00. The predicted molar refractivity (Wildman–Crippen MR) is 131 cm³/mol. The van der Waals surface area contributed by atoms with Crippen molar-refractivity contribution in [1.29, 1.82) is 0 Å². The molecule has 4 N–H and O–H groups in total. The highest BCUT2D eigenvalue weighted by Crippen LogP contribution is 2.31. The summed E-state index contributed by atoms with van der Waals surface area (Å²) in [6.45, 7) is 0. The van der Waals surface area contributed by atoms with E-state index in [1.807, 2.05) is 0 Å². The van der Waals surface area contributed by atoms with Crippen LogP contribution in [0.5, 0.6) is 0 Å². The fourth-order valence-electron chi connectivity index (χ4n) is 4.91. The van der Waals surface area contributed by atoms with Gasteiger partial charge in [-0.1, -0.05) is 0 Å². The molecule has 3 heterocycles. The minimum Gasteiger partial charge on any atom is -0.391 e. The zero-order valence-corrected chi connectivity index (χ0v) is 19.9. The number of ether oxygens (including phenoxy) is 1. The first-order chi connectivity index (χ1) is 17.0. The predicted octanol–water partition coefficient (Wildman–Crippen LogP) is 2.06. The van der Waals surface area contributed by atoms with E-state index in [0.29, 0.717) is 35.0 Å². The molecule has 35 heavy (non-hydrogen) atoms. The molecule has 0 aromatic carbocycles. The van der Waals surface area contributed by atoms with Crippen molar-refractivity contribution in [3.8, 4) is 0 Å². The Bertz CT molecular complexity index is 1290. The number of fused-ring (bicyclic) bond motifs is 1. The van der Waals surface area contributed by atoms with E-state index in [4.69, 9.17) is 4.74 Å². The average Bonchev–Trinajstić information content (AvgIpc) is 3.29. The summed E-state index contributed by atoms with van der Waals surface area (Å²) in [5.41, 5.74) is 0.832. The van der Waals surface area contributed by atoms with Gasteiger partial charge in [0.15, 0.2) is 5.65 Å². The Morgan fingerprint density at radius 1 is 1.26 bits per heavy atom. The van der Waals surface area contributed by atoms with Gasteiger partial charge in [-0.3, -0.25) is 9.59 Å². The molecule has 11 nitrogen and oxygen atoms in total. The molecule has 0 spiro atoms. The average molecular weight is 482 g/mol. The van der Waals surface area contributed by atoms with Gasteiger partial charge in [0.05, 0.1) is 24.4 Å². The Labute approximate surface area is 202 Å². The first kappa shape index (κ1) is 23.3. The summed E-state index contributed by atoms with van der Waals surface area (Å²) in [4.78, 5) is 30.8. The smallest absolute Gasteiger partial charge is 0.274 e. The van der Waals surface area contributed by atoms with Gasteiger partial charge in [0.1, 0.15) is 22.9 Å². The van der Waals surface area contributed by atoms with Crippen molar-refractivity contribution in [3.05, 3.63) is 46.5 Å². The van der Waals surface area contributed by atoms with Crippen molar-refractivity contribution < 1.29 is 14.6 Å². The Hall–Kier alpha value is -3.44. The van der Waals surface area contributed by atoms with E-state index < -0.39 is 6.10 Å². The Kier molecular flexibility index (Phi) is 6.44. The zero-order chi connectivity index (χ0) is 24.5. The van der Waals surface area contributed by atoms with Crippen molar-refractivity contribution in [2.45, 2.75) is 62.8 Å². The molecule has 0 saturated heterocycles. The Morgan fingerprint density at radius 2 is 2.11 bits per heavy atom. The SMILES string of the molecule is CNc1cc(Nc2cccn([C@@H]3CC[C@@H]3O)c2=O)nc2c(C(=O)NC3CCC[C@@H](OC)C3)cnn12. The number of anilines is 3. The van der Waals surface area contributed by atoms with Crippen molar-refractivity contribution >= 4 is 28.9 Å². The molecule has 2 aliphatic rings. The summed E-state index contributed by atoms with van der Waals surface area (Å²) in [6, 6.07) is 4.98. The standard InChI is InChI=1S/C24H31N7O4/c1-25-21-12-20(28-17-7-4-10-30(24(17)34)18-8-9-19(18)32)29-22-16(13-26-31(21)22)23(33)27-14-5-3-6-15(11-14)35-2/h4,7,10,12-15,18-19,25,32H,3,5-6,8-9,11H2,1-2H3,(H,27,33)(H,28,29)/t14?,15-,18-,19+/m1/s1. The lowest BCUT2D eigenvalue weighted by molar-refractivity contribution is 0.0300. The van der Waals surface area contributed by atoms with Crippen LogP contribution in [0.4, 0.5) is 17.3 Å². The minimum atomic E-state index is -0.510. The van der Waals surface area contributed by atoms with Crippen LogP contribution in [0.15, 0.2) is 35.4 Å². The summed E-state index contributed by atoms with van der Waals surface area (Å²) in [6.07, 6.45) is 7.98. The Morgan fingerprint density at radius 3 is 2.83 bits per heavy atom. The topological polar surface area (TPSA) is 135 Å². The number of carbonyl (C=O) groups is 1. The third-order valence-electron chi connectivity index (χ3n) is 7.06. The fraction of sp³-hybridized carbons (Fsp3) is 0.500. The molecule has 0 radical (unpaired) electrons. The highest BCUT2D eigenvalue weighted by atomic mass is 16.5. The first-order valence-corrected chi connectivity index (χ1v) is 12.0. The molecule has 3 aromatic heterocycles. The van der Waals surface area contributed by atoms with E-state index in [9.17, 15) is 14.7 Å². The summed E-state index contributed by atoms with van der Waals surface area (Å²) in [5.74, 6) is 0.770. The number of hydrogen-bond donors (Lipinski definition) is 4. The number of aliphatic hydroxyl groups is 1. The molecule has 0 bridgehead atoms. The van der Waals surface area contributed by atoms with Crippen molar-refractivity contribution in [1.82, 2.24) is 24.5 Å². The highest BCUT2D eigenvalue weighted by Gasteiger charge is 2.31. The van der Waals surface area contributed by atoms with Crippen molar-refractivity contribution in [3.63, 3.8) is 0 Å². The van der Waals surface area contributed by atoms with Gasteiger partial charge in [-0.2, -0.15) is 9.61 Å². The lowest BCUT2D eigenvalue weighted by atomic mass is 9.89. The molecular weight excluding hydrogens is 450 g/mol. The normalized spacial score (nSPS) is 24.1. The van der Waals surface area contributed by atoms with Crippen LogP contribution in [-0.4, -0.2) is 62.6 Å². The zero-order valence-electron chi connectivity index (χ0n) is 19.9. The molecular formula is C24H31N7O4. The first-order valence-electron chi connectivity index (χ1n) is 12.0. The molecule has 0 aliphatic heterocycles. The van der Waals surface area contributed by atoms with E-state index in [0.717, 1.165) is 32.1 Å². The van der Waals surface area contributed by atoms with Crippen LogP contribution in [0.3, 0.4) is 0 Å². The van der Waals surface area contributed by atoms with E-state index in [2.05, 4.69) is 26.0 Å². The van der Waals surface area contributed by atoms with Crippen molar-refractivity contribution in [2.24, 2.45) is 0 Å². The monoisotopic (exact) mass is 481 g/mol. The van der Waals surface area contributed by atoms with Crippen LogP contribution in [-0.2, 0) is 4.74 Å². The summed E-state index contributed by atoms with van der Waals surface area (Å²) < 4.78 is 8.60. The van der Waals surface area contributed by atoms with Crippen LogP contribution in [0, 0.1) is 0 Å². The fourth-order valence-corrected chi connectivity index (χ4v) is 4.91. The number of aliphatic hydroxyl groups excluding tert-OH is 1. The second-order valence-corrected chi connectivity index (χ2v) is 9.24. The molecule has 5 rings (SSSR count). The maximum Gasteiger partial charge on any atom is 0.274 e. The van der Waals surface area contributed by atoms with Gasteiger partial charge < -0.3 is 30.4 Å². The summed E-state index contributed by atoms with van der Waals surface area (Å²) in [5, 5.41) is 23.6. The largest absolute Gasteiger partial charge is 0.391 e. The van der Waals surface area contributed by atoms with Gasteiger partial charge in [0, 0.05) is 32.5 Å². The summed E-state index contributed by atoms with van der Waals surface area (Å²) in [7, 11) is 3.45. The molecule has 2 aliphatic carbocycles. The summed E-state index contributed by atoms with van der Waals surface area (Å²) >= 11 is 0. The van der Waals surface area contributed by atoms with Gasteiger partial charge >= 0.3 is 0 Å². The number of rotatable bonds is 7. The third kappa shape index (κ3) is 4.48. The van der Waals surface area contributed by atoms with Gasteiger partial charge in [0.25, 0.3) is 11.5 Å². The molecule has 11 heteroatoms. The number of nitrogens with zero attached hydrogens (tertiary/aromatic N) is 4. The van der Waals surface area contributed by atoms with Crippen LogP contribution in [0.1, 0.15) is 54.9 Å². The van der Waals surface area contributed by atoms with Gasteiger partial charge in [-0.05, 0) is 50.7 Å². The van der Waals surface area contributed by atoms with E-state index in [-0.39, 0.29) is 29.7 Å². The van der Waals surface area contributed by atoms with Crippen LogP contribution in [0.2, 0.25) is 0 Å². The number of nitrogens with one attached hydrogen (secondary N) is 3. The van der Waals surface area contributed by atoms with Gasteiger partial charge in [-0.25, -0.2) is 4.98 Å². The maximum atomic E-state index is 13.1. The maximum absolute atomic E-state index is 13.1. The minimum absolute atomic E-state index is 0.0332. The molecule has 2 saturated carbocycles. The van der Waals surface area contributed by atoms with E-state index in [1.54, 1.807) is 47.6 Å². The number of hydrogen-bond acceptors (Lipinski definition) is 8. The van der Waals surface area contributed by atoms with Gasteiger partial charge in [-0.15, -0.1) is 0 Å². The second-order valence-electron chi connectivity index (χ2n) is 9.24. The van der Waals surface area contributed by atoms with Gasteiger partial charge in [0.2, 0.25) is 0 Å². The third-order valence-corrected chi connectivity index (χ3v) is 7.06. The van der Waals surface area contributed by atoms with E-state index in [1.165, 1.54) is 6.20 Å². The molecule has 1 unspecified atom stereocenters. The van der Waals surface area contributed by atoms with Crippen LogP contribution >= 0.6 is 0 Å². The molecule has 2 fully saturated rings. The lowest BCUT2D eigenvalue weighted by Crippen LogP contribution is -2.40. The van der Waals surface area contributed by atoms with E-state index >= 15 is 0 Å². The molecule has 4 atom stereocenters. The quantitative estimate of drug-likeness (QED) is 0.403. The number of amides is 1.